The SMILES string of the molecule is CCNC(C)CN1CCN(CC2CCCCN2)CC1. The van der Waals surface area contributed by atoms with Crippen LogP contribution in [0, 0.1) is 0 Å². The third-order valence-electron chi connectivity index (χ3n) is 4.44. The van der Waals surface area contributed by atoms with Gasteiger partial charge in [0.1, 0.15) is 0 Å². The molecule has 0 radical (unpaired) electrons. The minimum absolute atomic E-state index is 0.622. The predicted octanol–water partition coefficient (Wildman–Crippen LogP) is 0.744. The molecule has 0 bridgehead atoms. The van der Waals surface area contributed by atoms with E-state index in [4.69, 9.17) is 0 Å². The molecular weight excluding hydrogens is 236 g/mol. The number of piperidine rings is 1. The molecule has 0 spiro atoms. The molecule has 4 heteroatoms. The van der Waals surface area contributed by atoms with Crippen molar-refractivity contribution in [2.24, 2.45) is 0 Å². The normalized spacial score (nSPS) is 28.4. The Hall–Kier alpha value is -0.160. The Morgan fingerprint density at radius 1 is 1.16 bits per heavy atom. The summed E-state index contributed by atoms with van der Waals surface area (Å²) in [6.07, 6.45) is 4.15. The van der Waals surface area contributed by atoms with Gasteiger partial charge in [-0.25, -0.2) is 0 Å². The maximum Gasteiger partial charge on any atom is 0.0195 e. The summed E-state index contributed by atoms with van der Waals surface area (Å²) in [5.74, 6) is 0. The molecule has 0 aromatic carbocycles. The Labute approximate surface area is 118 Å². The molecule has 2 rings (SSSR count). The van der Waals surface area contributed by atoms with Crippen molar-refractivity contribution in [3.05, 3.63) is 0 Å². The molecule has 112 valence electrons. The van der Waals surface area contributed by atoms with Gasteiger partial charge in [-0.15, -0.1) is 0 Å². The van der Waals surface area contributed by atoms with Gasteiger partial charge in [0.05, 0.1) is 0 Å². The van der Waals surface area contributed by atoms with Crippen molar-refractivity contribution in [3.8, 4) is 0 Å². The molecule has 2 saturated heterocycles. The molecule has 0 amide bonds. The van der Waals surface area contributed by atoms with E-state index in [1.165, 1.54) is 65.1 Å². The van der Waals surface area contributed by atoms with E-state index in [9.17, 15) is 0 Å². The van der Waals surface area contributed by atoms with Gasteiger partial charge < -0.3 is 10.6 Å². The summed E-state index contributed by atoms with van der Waals surface area (Å²) in [5, 5.41) is 7.17. The van der Waals surface area contributed by atoms with Gasteiger partial charge in [0.15, 0.2) is 0 Å². The van der Waals surface area contributed by atoms with Crippen molar-refractivity contribution >= 4 is 0 Å². The molecule has 0 saturated carbocycles. The van der Waals surface area contributed by atoms with Crippen LogP contribution in [0.3, 0.4) is 0 Å². The molecule has 2 aliphatic heterocycles. The molecule has 2 fully saturated rings. The Balaban J connectivity index is 1.61. The van der Waals surface area contributed by atoms with Crippen molar-refractivity contribution < 1.29 is 0 Å². The van der Waals surface area contributed by atoms with Crippen LogP contribution in [0.4, 0.5) is 0 Å². The van der Waals surface area contributed by atoms with E-state index >= 15 is 0 Å². The number of hydrogen-bond donors (Lipinski definition) is 2. The average molecular weight is 268 g/mol. The Bertz CT molecular complexity index is 232. The van der Waals surface area contributed by atoms with Crippen LogP contribution in [0.2, 0.25) is 0 Å². The zero-order valence-corrected chi connectivity index (χ0v) is 12.8. The Morgan fingerprint density at radius 3 is 2.53 bits per heavy atom. The maximum absolute atomic E-state index is 3.66. The molecule has 4 nitrogen and oxygen atoms in total. The summed E-state index contributed by atoms with van der Waals surface area (Å²) >= 11 is 0. The summed E-state index contributed by atoms with van der Waals surface area (Å²) in [4.78, 5) is 5.26. The first kappa shape index (κ1) is 15.2. The van der Waals surface area contributed by atoms with Crippen LogP contribution in [-0.4, -0.2) is 74.2 Å². The van der Waals surface area contributed by atoms with Gasteiger partial charge in [0, 0.05) is 51.4 Å². The number of nitrogens with one attached hydrogen (secondary N) is 2. The van der Waals surface area contributed by atoms with E-state index in [1.807, 2.05) is 0 Å². The number of nitrogens with zero attached hydrogens (tertiary/aromatic N) is 2. The predicted molar refractivity (Wildman–Crippen MR) is 81.7 cm³/mol. The fourth-order valence-electron chi connectivity index (χ4n) is 3.35. The van der Waals surface area contributed by atoms with Gasteiger partial charge in [-0.2, -0.15) is 0 Å². The van der Waals surface area contributed by atoms with Crippen LogP contribution in [0.25, 0.3) is 0 Å². The number of hydrogen-bond acceptors (Lipinski definition) is 4. The smallest absolute Gasteiger partial charge is 0.0195 e. The molecule has 0 aliphatic carbocycles. The molecule has 2 N–H and O–H groups in total. The van der Waals surface area contributed by atoms with Gasteiger partial charge in [-0.3, -0.25) is 9.80 Å². The summed E-state index contributed by atoms with van der Waals surface area (Å²) in [6, 6.07) is 1.37. The van der Waals surface area contributed by atoms with Crippen LogP contribution in [0.15, 0.2) is 0 Å². The van der Waals surface area contributed by atoms with E-state index in [-0.39, 0.29) is 0 Å². The summed E-state index contributed by atoms with van der Waals surface area (Å²) < 4.78 is 0. The largest absolute Gasteiger partial charge is 0.313 e. The lowest BCUT2D eigenvalue weighted by atomic mass is 10.0. The molecular formula is C15H32N4. The second-order valence-corrected chi connectivity index (χ2v) is 6.21. The van der Waals surface area contributed by atoms with Crippen molar-refractivity contribution in [2.45, 2.75) is 45.2 Å². The van der Waals surface area contributed by atoms with E-state index in [0.29, 0.717) is 6.04 Å². The first-order valence-corrected chi connectivity index (χ1v) is 8.19. The molecule has 2 atom stereocenters. The Kier molecular flexibility index (Phi) is 6.57. The minimum atomic E-state index is 0.622. The third kappa shape index (κ3) is 5.38. The van der Waals surface area contributed by atoms with Crippen molar-refractivity contribution in [1.29, 1.82) is 0 Å². The highest BCUT2D eigenvalue weighted by Gasteiger charge is 2.21. The van der Waals surface area contributed by atoms with Gasteiger partial charge >= 0.3 is 0 Å². The monoisotopic (exact) mass is 268 g/mol. The fourth-order valence-corrected chi connectivity index (χ4v) is 3.35. The lowest BCUT2D eigenvalue weighted by molar-refractivity contribution is 0.112. The van der Waals surface area contributed by atoms with Crippen LogP contribution >= 0.6 is 0 Å². The molecule has 2 heterocycles. The van der Waals surface area contributed by atoms with E-state index in [2.05, 4.69) is 34.3 Å². The molecule has 2 unspecified atom stereocenters. The van der Waals surface area contributed by atoms with Crippen LogP contribution in [0.5, 0.6) is 0 Å². The van der Waals surface area contributed by atoms with Gasteiger partial charge in [-0.1, -0.05) is 13.3 Å². The van der Waals surface area contributed by atoms with E-state index in [1.54, 1.807) is 0 Å². The fraction of sp³-hybridized carbons (Fsp3) is 1.00. The topological polar surface area (TPSA) is 30.5 Å². The molecule has 2 aliphatic rings. The van der Waals surface area contributed by atoms with Crippen molar-refractivity contribution in [1.82, 2.24) is 20.4 Å². The standard InChI is InChI=1S/C15H32N4/c1-3-16-14(2)12-18-8-10-19(11-9-18)13-15-6-4-5-7-17-15/h14-17H,3-13H2,1-2H3. The molecule has 0 aromatic rings. The van der Waals surface area contributed by atoms with Crippen molar-refractivity contribution in [2.75, 3.05) is 52.4 Å². The van der Waals surface area contributed by atoms with E-state index < -0.39 is 0 Å². The van der Waals surface area contributed by atoms with Gasteiger partial charge in [0.25, 0.3) is 0 Å². The summed E-state index contributed by atoms with van der Waals surface area (Å²) in [6.45, 7) is 14.2. The second-order valence-electron chi connectivity index (χ2n) is 6.21. The second kappa shape index (κ2) is 8.20. The molecule has 0 aromatic heterocycles. The van der Waals surface area contributed by atoms with E-state index in [0.717, 1.165) is 12.6 Å². The highest BCUT2D eigenvalue weighted by atomic mass is 15.3. The van der Waals surface area contributed by atoms with Crippen LogP contribution in [-0.2, 0) is 0 Å². The summed E-state index contributed by atoms with van der Waals surface area (Å²) in [5.41, 5.74) is 0. The van der Waals surface area contributed by atoms with Gasteiger partial charge in [0.2, 0.25) is 0 Å². The van der Waals surface area contributed by atoms with Gasteiger partial charge in [-0.05, 0) is 32.9 Å². The first-order chi connectivity index (χ1) is 9.28. The zero-order valence-electron chi connectivity index (χ0n) is 12.8. The highest BCUT2D eigenvalue weighted by molar-refractivity contribution is 4.80. The highest BCUT2D eigenvalue weighted by Crippen LogP contribution is 2.10. The minimum Gasteiger partial charge on any atom is -0.313 e. The van der Waals surface area contributed by atoms with Crippen LogP contribution < -0.4 is 10.6 Å². The maximum atomic E-state index is 3.66. The van der Waals surface area contributed by atoms with Crippen LogP contribution in [0.1, 0.15) is 33.1 Å². The number of likely N-dealkylation sites (N-methyl/N-ethyl adjacent to an activating group) is 1. The summed E-state index contributed by atoms with van der Waals surface area (Å²) in [7, 11) is 0. The number of rotatable bonds is 6. The lowest BCUT2D eigenvalue weighted by Gasteiger charge is -2.38. The Morgan fingerprint density at radius 2 is 1.89 bits per heavy atom. The third-order valence-corrected chi connectivity index (χ3v) is 4.44. The first-order valence-electron chi connectivity index (χ1n) is 8.19. The lowest BCUT2D eigenvalue weighted by Crippen LogP contribution is -2.53. The van der Waals surface area contributed by atoms with Crippen molar-refractivity contribution in [3.63, 3.8) is 0 Å². The quantitative estimate of drug-likeness (QED) is 0.744. The zero-order chi connectivity index (χ0) is 13.5. The average Bonchev–Trinajstić information content (AvgIpc) is 2.42. The number of piperazine rings is 1. The molecule has 19 heavy (non-hydrogen) atoms.